The van der Waals surface area contributed by atoms with Crippen molar-refractivity contribution >= 4 is 23.5 Å². The molecule has 0 aliphatic carbocycles. The maximum Gasteiger partial charge on any atom is 0.305 e. The zero-order valence-electron chi connectivity index (χ0n) is 16.5. The van der Waals surface area contributed by atoms with E-state index >= 15 is 0 Å². The second-order valence-corrected chi connectivity index (χ2v) is 7.16. The highest BCUT2D eigenvalue weighted by molar-refractivity contribution is 6.31. The quantitative estimate of drug-likeness (QED) is 0.274. The summed E-state index contributed by atoms with van der Waals surface area (Å²) in [5.41, 5.74) is 0.959. The molecule has 5 heteroatoms. The van der Waals surface area contributed by atoms with Crippen molar-refractivity contribution in [2.24, 2.45) is 0 Å². The van der Waals surface area contributed by atoms with Crippen LogP contribution in [0.3, 0.4) is 0 Å². The number of carbonyl (C=O) groups is 2. The van der Waals surface area contributed by atoms with Gasteiger partial charge in [-0.1, -0.05) is 75.2 Å². The van der Waals surface area contributed by atoms with Gasteiger partial charge in [0.2, 0.25) is 0 Å². The summed E-state index contributed by atoms with van der Waals surface area (Å²) in [6.45, 7) is 2.99. The van der Waals surface area contributed by atoms with Gasteiger partial charge in [0.15, 0.2) is 0 Å². The largest absolute Gasteiger partial charge is 0.466 e. The SMILES string of the molecule is CCCCCCCCCOC(=O)CCCC(=O)OCCc1ccccc1Cl. The molecule has 0 spiro atoms. The summed E-state index contributed by atoms with van der Waals surface area (Å²) < 4.78 is 10.4. The lowest BCUT2D eigenvalue weighted by atomic mass is 10.1. The molecule has 0 saturated carbocycles. The Hall–Kier alpha value is -1.55. The Labute approximate surface area is 168 Å². The summed E-state index contributed by atoms with van der Waals surface area (Å²) in [4.78, 5) is 23.3. The molecular formula is C22H33ClO4. The topological polar surface area (TPSA) is 52.6 Å². The van der Waals surface area contributed by atoms with Crippen LogP contribution in [0.15, 0.2) is 24.3 Å². The number of unbranched alkanes of at least 4 members (excludes halogenated alkanes) is 6. The summed E-state index contributed by atoms with van der Waals surface area (Å²) in [6.07, 6.45) is 9.89. The normalized spacial score (nSPS) is 10.6. The number of rotatable bonds is 15. The van der Waals surface area contributed by atoms with E-state index in [-0.39, 0.29) is 24.8 Å². The van der Waals surface area contributed by atoms with Crippen molar-refractivity contribution in [1.82, 2.24) is 0 Å². The predicted octanol–water partition coefficient (Wildman–Crippen LogP) is 5.89. The van der Waals surface area contributed by atoms with Gasteiger partial charge in [-0.3, -0.25) is 9.59 Å². The fourth-order valence-corrected chi connectivity index (χ4v) is 2.97. The zero-order chi connectivity index (χ0) is 19.7. The van der Waals surface area contributed by atoms with Crippen molar-refractivity contribution in [3.63, 3.8) is 0 Å². The Bertz CT molecular complexity index is 545. The molecule has 1 aromatic rings. The zero-order valence-corrected chi connectivity index (χ0v) is 17.3. The van der Waals surface area contributed by atoms with E-state index in [4.69, 9.17) is 21.1 Å². The van der Waals surface area contributed by atoms with Gasteiger partial charge in [0.25, 0.3) is 0 Å². The van der Waals surface area contributed by atoms with Crippen LogP contribution < -0.4 is 0 Å². The fourth-order valence-electron chi connectivity index (χ4n) is 2.74. The van der Waals surface area contributed by atoms with Gasteiger partial charge in [-0.25, -0.2) is 0 Å². The van der Waals surface area contributed by atoms with Crippen LogP contribution in [0.2, 0.25) is 5.02 Å². The first-order valence-corrected chi connectivity index (χ1v) is 10.6. The lowest BCUT2D eigenvalue weighted by Crippen LogP contribution is -2.10. The molecule has 0 N–H and O–H groups in total. The highest BCUT2D eigenvalue weighted by Crippen LogP contribution is 2.15. The lowest BCUT2D eigenvalue weighted by molar-refractivity contribution is -0.145. The van der Waals surface area contributed by atoms with E-state index in [2.05, 4.69) is 6.92 Å². The van der Waals surface area contributed by atoms with Crippen molar-refractivity contribution < 1.29 is 19.1 Å². The molecule has 0 radical (unpaired) electrons. The Morgan fingerprint density at radius 3 is 2.07 bits per heavy atom. The van der Waals surface area contributed by atoms with Crippen LogP contribution in [0.25, 0.3) is 0 Å². The van der Waals surface area contributed by atoms with Crippen LogP contribution in [-0.2, 0) is 25.5 Å². The van der Waals surface area contributed by atoms with Gasteiger partial charge in [-0.15, -0.1) is 0 Å². The Balaban J connectivity index is 1.96. The molecule has 0 aromatic heterocycles. The van der Waals surface area contributed by atoms with Crippen molar-refractivity contribution in [3.8, 4) is 0 Å². The Kier molecular flexibility index (Phi) is 13.5. The van der Waals surface area contributed by atoms with Gasteiger partial charge >= 0.3 is 11.9 Å². The molecule has 0 amide bonds. The molecule has 0 unspecified atom stereocenters. The van der Waals surface area contributed by atoms with E-state index < -0.39 is 0 Å². The molecule has 0 fully saturated rings. The van der Waals surface area contributed by atoms with Crippen LogP contribution in [0, 0.1) is 0 Å². The average molecular weight is 397 g/mol. The average Bonchev–Trinajstić information content (AvgIpc) is 2.65. The molecule has 1 aromatic carbocycles. The van der Waals surface area contributed by atoms with Gasteiger partial charge in [-0.2, -0.15) is 0 Å². The van der Waals surface area contributed by atoms with Crippen molar-refractivity contribution in [3.05, 3.63) is 34.9 Å². The molecule has 4 nitrogen and oxygen atoms in total. The smallest absolute Gasteiger partial charge is 0.305 e. The maximum absolute atomic E-state index is 11.7. The summed E-state index contributed by atoms with van der Waals surface area (Å²) >= 11 is 6.06. The molecule has 1 rings (SSSR count). The number of halogens is 1. The van der Waals surface area contributed by atoms with Crippen LogP contribution >= 0.6 is 11.6 Å². The van der Waals surface area contributed by atoms with Gasteiger partial charge < -0.3 is 9.47 Å². The van der Waals surface area contributed by atoms with Gasteiger partial charge in [0, 0.05) is 24.3 Å². The highest BCUT2D eigenvalue weighted by Gasteiger charge is 2.08. The number of carbonyl (C=O) groups excluding carboxylic acids is 2. The molecule has 0 bridgehead atoms. The van der Waals surface area contributed by atoms with Crippen LogP contribution in [-0.4, -0.2) is 25.2 Å². The number of benzene rings is 1. The summed E-state index contributed by atoms with van der Waals surface area (Å²) in [7, 11) is 0. The van der Waals surface area contributed by atoms with Crippen molar-refractivity contribution in [1.29, 1.82) is 0 Å². The highest BCUT2D eigenvalue weighted by atomic mass is 35.5. The Morgan fingerprint density at radius 1 is 0.815 bits per heavy atom. The number of hydrogen-bond acceptors (Lipinski definition) is 4. The van der Waals surface area contributed by atoms with E-state index in [9.17, 15) is 9.59 Å². The monoisotopic (exact) mass is 396 g/mol. The van der Waals surface area contributed by atoms with Gasteiger partial charge in [0.1, 0.15) is 0 Å². The molecule has 27 heavy (non-hydrogen) atoms. The first kappa shape index (κ1) is 23.5. The Morgan fingerprint density at radius 2 is 1.41 bits per heavy atom. The van der Waals surface area contributed by atoms with Gasteiger partial charge in [0.05, 0.1) is 13.2 Å². The molecule has 152 valence electrons. The lowest BCUT2D eigenvalue weighted by Gasteiger charge is -2.07. The summed E-state index contributed by atoms with van der Waals surface area (Å²) in [5.74, 6) is -0.521. The first-order valence-electron chi connectivity index (χ1n) is 10.2. The first-order chi connectivity index (χ1) is 13.1. The third-order valence-electron chi connectivity index (χ3n) is 4.37. The van der Waals surface area contributed by atoms with E-state index in [1.54, 1.807) is 0 Å². The van der Waals surface area contributed by atoms with E-state index in [1.807, 2.05) is 24.3 Å². The van der Waals surface area contributed by atoms with Crippen LogP contribution in [0.1, 0.15) is 76.7 Å². The molecule has 0 aliphatic heterocycles. The van der Waals surface area contributed by atoms with Crippen molar-refractivity contribution in [2.45, 2.75) is 77.6 Å². The predicted molar refractivity (Wildman–Crippen MR) is 109 cm³/mol. The second-order valence-electron chi connectivity index (χ2n) is 6.76. The van der Waals surface area contributed by atoms with E-state index in [1.165, 1.54) is 32.1 Å². The molecule has 0 saturated heterocycles. The molecule has 0 heterocycles. The summed E-state index contributed by atoms with van der Waals surface area (Å²) in [6, 6.07) is 7.50. The third-order valence-corrected chi connectivity index (χ3v) is 4.73. The van der Waals surface area contributed by atoms with Gasteiger partial charge in [-0.05, 0) is 24.5 Å². The third kappa shape index (κ3) is 12.5. The molecule has 0 atom stereocenters. The molecular weight excluding hydrogens is 364 g/mol. The standard InChI is InChI=1S/C22H33ClO4/c1-2-3-4-5-6-7-10-17-26-21(24)14-11-15-22(25)27-18-16-19-12-8-9-13-20(19)23/h8-9,12-13H,2-7,10-11,14-18H2,1H3. The number of esters is 2. The minimum absolute atomic E-state index is 0.231. The van der Waals surface area contributed by atoms with E-state index in [0.29, 0.717) is 31.1 Å². The minimum atomic E-state index is -0.290. The van der Waals surface area contributed by atoms with E-state index in [0.717, 1.165) is 18.4 Å². The maximum atomic E-state index is 11.7. The minimum Gasteiger partial charge on any atom is -0.466 e. The van der Waals surface area contributed by atoms with Crippen LogP contribution in [0.5, 0.6) is 0 Å². The molecule has 0 aliphatic rings. The second kappa shape index (κ2) is 15.5. The van der Waals surface area contributed by atoms with Crippen LogP contribution in [0.4, 0.5) is 0 Å². The summed E-state index contributed by atoms with van der Waals surface area (Å²) in [5, 5.41) is 0.678. The number of hydrogen-bond donors (Lipinski definition) is 0. The fraction of sp³-hybridized carbons (Fsp3) is 0.636. The number of ether oxygens (including phenoxy) is 2. The van der Waals surface area contributed by atoms with Crippen molar-refractivity contribution in [2.75, 3.05) is 13.2 Å².